The highest BCUT2D eigenvalue weighted by molar-refractivity contribution is 8.02. The minimum atomic E-state index is 0.917. The first-order valence-electron chi connectivity index (χ1n) is 3.91. The van der Waals surface area contributed by atoms with Gasteiger partial charge in [-0.3, -0.25) is 0 Å². The molecule has 58 valence electrons. The van der Waals surface area contributed by atoms with Crippen molar-refractivity contribution < 1.29 is 0 Å². The molecule has 0 aliphatic carbocycles. The van der Waals surface area contributed by atoms with Crippen LogP contribution in [0.3, 0.4) is 0 Å². The molecule has 0 bridgehead atoms. The second kappa shape index (κ2) is 2.95. The van der Waals surface area contributed by atoms with Crippen molar-refractivity contribution in [2.45, 2.75) is 31.1 Å². The molecule has 2 fully saturated rings. The van der Waals surface area contributed by atoms with Gasteiger partial charge in [-0.15, -0.1) is 11.8 Å². The molecule has 10 heavy (non-hydrogen) atoms. The van der Waals surface area contributed by atoms with Crippen LogP contribution < -0.4 is 0 Å². The van der Waals surface area contributed by atoms with E-state index in [1.807, 2.05) is 0 Å². The van der Waals surface area contributed by atoms with E-state index in [1.54, 1.807) is 0 Å². The van der Waals surface area contributed by atoms with Crippen LogP contribution in [0.4, 0.5) is 0 Å². The van der Waals surface area contributed by atoms with Crippen LogP contribution in [-0.2, 0) is 0 Å². The van der Waals surface area contributed by atoms with E-state index in [0.717, 1.165) is 11.3 Å². The van der Waals surface area contributed by atoms with Crippen LogP contribution in [0.1, 0.15) is 19.8 Å². The quantitative estimate of drug-likeness (QED) is 0.562. The fourth-order valence-electron chi connectivity index (χ4n) is 1.55. The Kier molecular flexibility index (Phi) is 2.16. The molecular weight excluding hydrogens is 162 g/mol. The molecular formula is C7H13NS2. The molecule has 1 nitrogen and oxygen atoms in total. The summed E-state index contributed by atoms with van der Waals surface area (Å²) >= 11 is 4.18. The maximum Gasteiger partial charge on any atom is 0.0550 e. The summed E-state index contributed by atoms with van der Waals surface area (Å²) in [6, 6.07) is 0.917. The number of hydrogen-bond acceptors (Lipinski definition) is 3. The first-order chi connectivity index (χ1) is 4.90. The van der Waals surface area contributed by atoms with Crippen LogP contribution >= 0.6 is 23.7 Å². The molecule has 0 aromatic rings. The summed E-state index contributed by atoms with van der Waals surface area (Å²) < 4.78 is 2.57. The Morgan fingerprint density at radius 3 is 3.20 bits per heavy atom. The minimum Gasteiger partial charge on any atom is -0.236 e. The molecule has 2 aliphatic heterocycles. The molecule has 0 N–H and O–H groups in total. The molecule has 2 aliphatic rings. The summed E-state index contributed by atoms with van der Waals surface area (Å²) in [7, 11) is 0. The van der Waals surface area contributed by atoms with E-state index in [9.17, 15) is 0 Å². The average molecular weight is 175 g/mol. The van der Waals surface area contributed by atoms with Gasteiger partial charge >= 0.3 is 0 Å². The van der Waals surface area contributed by atoms with Crippen molar-refractivity contribution in [2.75, 3.05) is 11.6 Å². The molecule has 0 spiro atoms. The van der Waals surface area contributed by atoms with E-state index < -0.39 is 0 Å². The molecule has 0 aromatic heterocycles. The van der Waals surface area contributed by atoms with E-state index in [0.29, 0.717) is 0 Å². The zero-order valence-corrected chi connectivity index (χ0v) is 7.88. The van der Waals surface area contributed by atoms with Crippen molar-refractivity contribution in [3.63, 3.8) is 0 Å². The van der Waals surface area contributed by atoms with Crippen molar-refractivity contribution in [2.24, 2.45) is 0 Å². The number of hydrogen-bond donors (Lipinski definition) is 0. The molecule has 0 aromatic carbocycles. The van der Waals surface area contributed by atoms with Gasteiger partial charge in [0.25, 0.3) is 0 Å². The molecule has 2 rings (SSSR count). The second-order valence-corrected chi connectivity index (χ2v) is 5.29. The third kappa shape index (κ3) is 1.19. The predicted molar refractivity (Wildman–Crippen MR) is 49.2 cm³/mol. The lowest BCUT2D eigenvalue weighted by molar-refractivity contribution is 0.460. The van der Waals surface area contributed by atoms with Gasteiger partial charge in [0.05, 0.1) is 5.88 Å². The largest absolute Gasteiger partial charge is 0.236 e. The number of nitrogens with zero attached hydrogens (tertiary/aromatic N) is 1. The summed E-state index contributed by atoms with van der Waals surface area (Å²) in [5, 5.41) is 0.936. The van der Waals surface area contributed by atoms with Gasteiger partial charge < -0.3 is 0 Å². The third-order valence-electron chi connectivity index (χ3n) is 2.21. The van der Waals surface area contributed by atoms with Crippen molar-refractivity contribution >= 4 is 23.7 Å². The van der Waals surface area contributed by atoms with Gasteiger partial charge in [-0.2, -0.15) is 0 Å². The summed E-state index contributed by atoms with van der Waals surface area (Å²) in [6.45, 7) is 2.30. The fourth-order valence-corrected chi connectivity index (χ4v) is 4.37. The average Bonchev–Trinajstić information content (AvgIpc) is 2.42. The molecule has 0 radical (unpaired) electrons. The fraction of sp³-hybridized carbons (Fsp3) is 1.00. The Morgan fingerprint density at radius 2 is 2.50 bits per heavy atom. The van der Waals surface area contributed by atoms with Crippen LogP contribution in [0, 0.1) is 0 Å². The first kappa shape index (κ1) is 7.32. The molecule has 2 heterocycles. The minimum absolute atomic E-state index is 0.917. The lowest BCUT2D eigenvalue weighted by Crippen LogP contribution is -2.17. The van der Waals surface area contributed by atoms with Crippen LogP contribution in [0.5, 0.6) is 0 Å². The zero-order valence-electron chi connectivity index (χ0n) is 6.25. The van der Waals surface area contributed by atoms with E-state index in [2.05, 4.69) is 34.9 Å². The Hall–Kier alpha value is 0.660. The predicted octanol–water partition coefficient (Wildman–Crippen LogP) is 2.19. The Labute approximate surface area is 71.1 Å². The topological polar surface area (TPSA) is 3.24 Å². The zero-order chi connectivity index (χ0) is 6.97. The van der Waals surface area contributed by atoms with Crippen LogP contribution in [0.25, 0.3) is 0 Å². The SMILES string of the molecule is CCC1CC2CSCN2S1. The van der Waals surface area contributed by atoms with Crippen LogP contribution in [0.2, 0.25) is 0 Å². The smallest absolute Gasteiger partial charge is 0.0550 e. The Balaban J connectivity index is 1.94. The van der Waals surface area contributed by atoms with Crippen molar-refractivity contribution in [3.8, 4) is 0 Å². The highest BCUT2D eigenvalue weighted by atomic mass is 32.2. The van der Waals surface area contributed by atoms with Crippen molar-refractivity contribution in [3.05, 3.63) is 0 Å². The van der Waals surface area contributed by atoms with E-state index in [4.69, 9.17) is 0 Å². The molecule has 2 saturated heterocycles. The van der Waals surface area contributed by atoms with Crippen molar-refractivity contribution in [1.82, 2.24) is 4.31 Å². The summed E-state index contributed by atoms with van der Waals surface area (Å²) in [4.78, 5) is 0. The summed E-state index contributed by atoms with van der Waals surface area (Å²) in [6.07, 6.45) is 2.79. The van der Waals surface area contributed by atoms with Gasteiger partial charge in [0.1, 0.15) is 0 Å². The first-order valence-corrected chi connectivity index (χ1v) is 5.90. The second-order valence-electron chi connectivity index (χ2n) is 2.94. The number of thioether (sulfide) groups is 1. The van der Waals surface area contributed by atoms with Crippen LogP contribution in [0.15, 0.2) is 0 Å². The highest BCUT2D eigenvalue weighted by Gasteiger charge is 2.35. The number of fused-ring (bicyclic) bond motifs is 1. The summed E-state index contributed by atoms with van der Waals surface area (Å²) in [5.41, 5.74) is 0. The van der Waals surface area contributed by atoms with Crippen molar-refractivity contribution in [1.29, 1.82) is 0 Å². The number of rotatable bonds is 1. The normalized spacial score (nSPS) is 40.5. The van der Waals surface area contributed by atoms with Gasteiger partial charge in [-0.1, -0.05) is 18.9 Å². The summed E-state index contributed by atoms with van der Waals surface area (Å²) in [5.74, 6) is 2.65. The van der Waals surface area contributed by atoms with E-state index >= 15 is 0 Å². The standard InChI is InChI=1S/C7H13NS2/c1-2-7-3-6-4-9-5-8(6)10-7/h6-7H,2-5H2,1H3. The van der Waals surface area contributed by atoms with E-state index in [-0.39, 0.29) is 0 Å². The van der Waals surface area contributed by atoms with Gasteiger partial charge in [-0.25, -0.2) is 4.31 Å². The molecule has 0 saturated carbocycles. The molecule has 0 amide bonds. The van der Waals surface area contributed by atoms with Gasteiger partial charge in [0.2, 0.25) is 0 Å². The molecule has 2 atom stereocenters. The molecule has 3 heteroatoms. The maximum absolute atomic E-state index is 2.57. The highest BCUT2D eigenvalue weighted by Crippen LogP contribution is 2.41. The Morgan fingerprint density at radius 1 is 1.60 bits per heavy atom. The van der Waals surface area contributed by atoms with E-state index in [1.165, 1.54) is 24.5 Å². The maximum atomic E-state index is 2.57. The van der Waals surface area contributed by atoms with Gasteiger partial charge in [-0.05, 0) is 12.8 Å². The molecule has 2 unspecified atom stereocenters. The van der Waals surface area contributed by atoms with Crippen LogP contribution in [-0.4, -0.2) is 27.2 Å². The lowest BCUT2D eigenvalue weighted by Gasteiger charge is -2.09. The monoisotopic (exact) mass is 175 g/mol. The van der Waals surface area contributed by atoms with Gasteiger partial charge in [0, 0.05) is 17.0 Å². The lowest BCUT2D eigenvalue weighted by atomic mass is 10.1. The Bertz CT molecular complexity index is 117. The third-order valence-corrected chi connectivity index (χ3v) is 4.98. The van der Waals surface area contributed by atoms with Gasteiger partial charge in [0.15, 0.2) is 0 Å².